The molecule has 0 spiro atoms. The molecule has 124 valence electrons. The molecule has 1 aromatic rings. The van der Waals surface area contributed by atoms with Gasteiger partial charge in [0, 0.05) is 12.6 Å². The first-order chi connectivity index (χ1) is 10.8. The molecule has 0 aliphatic carbocycles. The van der Waals surface area contributed by atoms with Crippen LogP contribution in [-0.4, -0.2) is 33.6 Å². The summed E-state index contributed by atoms with van der Waals surface area (Å²) in [6.45, 7) is 7.37. The summed E-state index contributed by atoms with van der Waals surface area (Å²) in [5, 5.41) is 11.8. The van der Waals surface area contributed by atoms with E-state index < -0.39 is 17.6 Å². The fourth-order valence-electron chi connectivity index (χ4n) is 1.82. The molecule has 1 atom stereocenters. The van der Waals surface area contributed by atoms with Gasteiger partial charge in [0.05, 0.1) is 17.3 Å². The van der Waals surface area contributed by atoms with Crippen LogP contribution in [0.2, 0.25) is 0 Å². The highest BCUT2D eigenvalue weighted by Crippen LogP contribution is 2.15. The van der Waals surface area contributed by atoms with Gasteiger partial charge in [-0.05, 0) is 26.3 Å². The molecule has 0 aromatic carbocycles. The number of hydrogen-bond acceptors (Lipinski definition) is 4. The van der Waals surface area contributed by atoms with Gasteiger partial charge < -0.3 is 15.2 Å². The Morgan fingerprint density at radius 1 is 1.39 bits per heavy atom. The van der Waals surface area contributed by atoms with E-state index in [1.807, 2.05) is 27.7 Å². The largest absolute Gasteiger partial charge is 0.479 e. The molecule has 1 aromatic heterocycles. The molecule has 0 aliphatic rings. The Kier molecular flexibility index (Phi) is 6.58. The minimum atomic E-state index is -1.10. The maximum atomic E-state index is 12.3. The number of aromatic carboxylic acids is 1. The Balaban J connectivity index is 2.82. The highest BCUT2D eigenvalue weighted by Gasteiger charge is 2.25. The van der Waals surface area contributed by atoms with Gasteiger partial charge >= 0.3 is 5.97 Å². The fraction of sp³-hybridized carbons (Fsp3) is 0.471. The van der Waals surface area contributed by atoms with Gasteiger partial charge in [-0.25, -0.2) is 4.79 Å². The van der Waals surface area contributed by atoms with E-state index >= 15 is 0 Å². The highest BCUT2D eigenvalue weighted by atomic mass is 16.5. The molecule has 6 nitrogen and oxygen atoms in total. The molecular formula is C17H22N2O4. The lowest BCUT2D eigenvalue weighted by atomic mass is 10.1. The number of aromatic nitrogens is 1. The molecule has 1 heterocycles. The van der Waals surface area contributed by atoms with Crippen molar-refractivity contribution in [3.63, 3.8) is 0 Å². The van der Waals surface area contributed by atoms with Crippen LogP contribution in [-0.2, 0) is 4.79 Å². The van der Waals surface area contributed by atoms with Crippen molar-refractivity contribution < 1.29 is 19.4 Å². The predicted molar refractivity (Wildman–Crippen MR) is 86.2 cm³/mol. The van der Waals surface area contributed by atoms with Crippen LogP contribution in [0.5, 0.6) is 5.75 Å². The van der Waals surface area contributed by atoms with Gasteiger partial charge in [-0.2, -0.15) is 0 Å². The van der Waals surface area contributed by atoms with E-state index in [1.165, 1.54) is 18.5 Å². The van der Waals surface area contributed by atoms with Gasteiger partial charge in [0.2, 0.25) is 0 Å². The SMILES string of the molecule is CCC#CC(C)(C)NC(=O)C(CC)Oc1cncc(C(=O)O)c1. The lowest BCUT2D eigenvalue weighted by Crippen LogP contribution is -2.48. The smallest absolute Gasteiger partial charge is 0.337 e. The van der Waals surface area contributed by atoms with Crippen LogP contribution in [0.4, 0.5) is 0 Å². The van der Waals surface area contributed by atoms with E-state index in [0.29, 0.717) is 12.8 Å². The molecule has 2 N–H and O–H groups in total. The Bertz CT molecular complexity index is 629. The number of carbonyl (C=O) groups excluding carboxylic acids is 1. The average Bonchev–Trinajstić information content (AvgIpc) is 2.50. The van der Waals surface area contributed by atoms with Crippen molar-refractivity contribution in [2.45, 2.75) is 52.2 Å². The van der Waals surface area contributed by atoms with E-state index in [4.69, 9.17) is 9.84 Å². The lowest BCUT2D eigenvalue weighted by molar-refractivity contribution is -0.129. The highest BCUT2D eigenvalue weighted by molar-refractivity contribution is 5.87. The molecule has 1 amide bonds. The van der Waals surface area contributed by atoms with Crippen LogP contribution >= 0.6 is 0 Å². The zero-order valence-corrected chi connectivity index (χ0v) is 13.8. The number of carboxylic acid groups (broad SMARTS) is 1. The first kappa shape index (κ1) is 18.5. The van der Waals surface area contributed by atoms with Crippen molar-refractivity contribution in [2.24, 2.45) is 0 Å². The average molecular weight is 318 g/mol. The minimum absolute atomic E-state index is 0.00639. The Morgan fingerprint density at radius 3 is 2.65 bits per heavy atom. The van der Waals surface area contributed by atoms with Crippen LogP contribution in [0.25, 0.3) is 0 Å². The number of hydrogen-bond donors (Lipinski definition) is 2. The molecule has 0 saturated heterocycles. The number of ether oxygens (including phenoxy) is 1. The first-order valence-corrected chi connectivity index (χ1v) is 7.46. The van der Waals surface area contributed by atoms with Crippen molar-refractivity contribution in [1.29, 1.82) is 0 Å². The predicted octanol–water partition coefficient (Wildman–Crippen LogP) is 2.25. The minimum Gasteiger partial charge on any atom is -0.479 e. The number of nitrogens with zero attached hydrogens (tertiary/aromatic N) is 1. The monoisotopic (exact) mass is 318 g/mol. The second-order valence-electron chi connectivity index (χ2n) is 5.50. The number of rotatable bonds is 6. The fourth-order valence-corrected chi connectivity index (χ4v) is 1.82. The van der Waals surface area contributed by atoms with Gasteiger partial charge in [-0.15, -0.1) is 5.92 Å². The summed E-state index contributed by atoms with van der Waals surface area (Å²) >= 11 is 0. The third-order valence-electron chi connectivity index (χ3n) is 2.92. The number of carbonyl (C=O) groups is 2. The number of amides is 1. The van der Waals surface area contributed by atoms with Crippen LogP contribution in [0, 0.1) is 11.8 Å². The van der Waals surface area contributed by atoms with Crippen molar-refractivity contribution >= 4 is 11.9 Å². The van der Waals surface area contributed by atoms with Crippen molar-refractivity contribution in [3.05, 3.63) is 24.0 Å². The zero-order chi connectivity index (χ0) is 17.5. The van der Waals surface area contributed by atoms with Gasteiger partial charge in [-0.1, -0.05) is 19.8 Å². The molecule has 0 aliphatic heterocycles. The summed E-state index contributed by atoms with van der Waals surface area (Å²) in [5.74, 6) is 4.76. The zero-order valence-electron chi connectivity index (χ0n) is 13.8. The van der Waals surface area contributed by atoms with Gasteiger partial charge in [0.15, 0.2) is 6.10 Å². The number of nitrogens with one attached hydrogen (secondary N) is 1. The summed E-state index contributed by atoms with van der Waals surface area (Å²) in [6, 6.07) is 1.34. The molecule has 0 bridgehead atoms. The molecule has 0 saturated carbocycles. The van der Waals surface area contributed by atoms with Gasteiger partial charge in [0.1, 0.15) is 5.75 Å². The molecule has 1 unspecified atom stereocenters. The lowest BCUT2D eigenvalue weighted by Gasteiger charge is -2.24. The van der Waals surface area contributed by atoms with Crippen molar-refractivity contribution in [1.82, 2.24) is 10.3 Å². The van der Waals surface area contributed by atoms with Crippen LogP contribution in [0.1, 0.15) is 50.9 Å². The third kappa shape index (κ3) is 5.99. The van der Waals surface area contributed by atoms with Crippen LogP contribution in [0.3, 0.4) is 0 Å². The quantitative estimate of drug-likeness (QED) is 0.785. The third-order valence-corrected chi connectivity index (χ3v) is 2.92. The number of carboxylic acids is 1. The Labute approximate surface area is 136 Å². The van der Waals surface area contributed by atoms with E-state index in [9.17, 15) is 9.59 Å². The molecule has 0 fully saturated rings. The maximum absolute atomic E-state index is 12.3. The Hall–Kier alpha value is -2.55. The van der Waals surface area contributed by atoms with E-state index in [1.54, 1.807) is 0 Å². The second kappa shape index (κ2) is 8.18. The van der Waals surface area contributed by atoms with E-state index in [-0.39, 0.29) is 17.2 Å². The van der Waals surface area contributed by atoms with Gasteiger partial charge in [-0.3, -0.25) is 9.78 Å². The first-order valence-electron chi connectivity index (χ1n) is 7.46. The summed E-state index contributed by atoms with van der Waals surface area (Å²) < 4.78 is 5.58. The van der Waals surface area contributed by atoms with Crippen molar-refractivity contribution in [3.8, 4) is 17.6 Å². The van der Waals surface area contributed by atoms with Gasteiger partial charge in [0.25, 0.3) is 5.91 Å². The summed E-state index contributed by atoms with van der Waals surface area (Å²) in [7, 11) is 0. The second-order valence-corrected chi connectivity index (χ2v) is 5.50. The molecule has 1 rings (SSSR count). The molecule has 0 radical (unpaired) electrons. The number of pyridine rings is 1. The molecule has 23 heavy (non-hydrogen) atoms. The normalized spacial score (nSPS) is 11.8. The van der Waals surface area contributed by atoms with Crippen molar-refractivity contribution in [2.75, 3.05) is 0 Å². The van der Waals surface area contributed by atoms with E-state index in [2.05, 4.69) is 22.1 Å². The topological polar surface area (TPSA) is 88.5 Å². The van der Waals surface area contributed by atoms with Crippen LogP contribution < -0.4 is 10.1 Å². The molecule has 6 heteroatoms. The van der Waals surface area contributed by atoms with E-state index in [0.717, 1.165) is 0 Å². The summed E-state index contributed by atoms with van der Waals surface area (Å²) in [6.07, 6.45) is 2.99. The Morgan fingerprint density at radius 2 is 2.09 bits per heavy atom. The summed E-state index contributed by atoms with van der Waals surface area (Å²) in [5.41, 5.74) is -0.655. The standard InChI is InChI=1S/C17H22N2O4/c1-5-7-8-17(3,4)19-15(20)14(6-2)23-13-9-12(16(21)22)10-18-11-13/h9-11,14H,5-6H2,1-4H3,(H,19,20)(H,21,22). The maximum Gasteiger partial charge on any atom is 0.337 e. The van der Waals surface area contributed by atoms with Crippen LogP contribution in [0.15, 0.2) is 18.5 Å². The summed E-state index contributed by atoms with van der Waals surface area (Å²) in [4.78, 5) is 27.1. The molecular weight excluding hydrogens is 296 g/mol.